The van der Waals surface area contributed by atoms with E-state index in [1.165, 1.54) is 12.4 Å². The molecule has 0 aliphatic heterocycles. The zero-order valence-electron chi connectivity index (χ0n) is 10.2. The molecule has 0 aliphatic carbocycles. The number of aromatic carboxylic acids is 1. The van der Waals surface area contributed by atoms with Crippen molar-refractivity contribution in [2.75, 3.05) is 5.43 Å². The van der Waals surface area contributed by atoms with Crippen LogP contribution in [0, 0.1) is 0 Å². The number of aromatic nitrogens is 2. The van der Waals surface area contributed by atoms with Gasteiger partial charge in [-0.05, 0) is 20.8 Å². The number of imidazole rings is 1. The van der Waals surface area contributed by atoms with Gasteiger partial charge in [-0.25, -0.2) is 19.9 Å². The quantitative estimate of drug-likeness (QED) is 0.540. The Morgan fingerprint density at radius 3 is 2.53 bits per heavy atom. The first kappa shape index (κ1) is 15.5. The Balaban J connectivity index is 0.00000256. The van der Waals surface area contributed by atoms with Crippen molar-refractivity contribution >= 4 is 12.1 Å². The molecule has 0 bridgehead atoms. The molecule has 8 heteroatoms. The van der Waals surface area contributed by atoms with E-state index in [2.05, 4.69) is 10.4 Å². The van der Waals surface area contributed by atoms with Gasteiger partial charge in [0.15, 0.2) is 5.82 Å². The summed E-state index contributed by atoms with van der Waals surface area (Å²) >= 11 is 0. The minimum Gasteiger partial charge on any atom is -0.542 e. The zero-order chi connectivity index (χ0) is 12.3. The van der Waals surface area contributed by atoms with Gasteiger partial charge in [-0.3, -0.25) is 0 Å². The van der Waals surface area contributed by atoms with E-state index < -0.39 is 23.5 Å². The summed E-state index contributed by atoms with van der Waals surface area (Å²) in [6, 6.07) is 0. The van der Waals surface area contributed by atoms with Crippen molar-refractivity contribution < 1.29 is 38.3 Å². The third-order valence-electron chi connectivity index (χ3n) is 1.43. The third-order valence-corrected chi connectivity index (χ3v) is 1.43. The fraction of sp³-hybridized carbons (Fsp3) is 0.444. The largest absolute Gasteiger partial charge is 1.00 e. The Morgan fingerprint density at radius 2 is 2.06 bits per heavy atom. The van der Waals surface area contributed by atoms with E-state index in [4.69, 9.17) is 4.74 Å². The first-order valence-electron chi connectivity index (χ1n) is 4.54. The van der Waals surface area contributed by atoms with Crippen LogP contribution in [-0.2, 0) is 4.74 Å². The van der Waals surface area contributed by atoms with Crippen molar-refractivity contribution in [2.24, 2.45) is 0 Å². The molecular weight excluding hydrogens is 221 g/mol. The third kappa shape index (κ3) is 4.93. The second kappa shape index (κ2) is 5.75. The Labute approximate surface area is 110 Å². The Kier molecular flexibility index (Phi) is 5.26. The van der Waals surface area contributed by atoms with Gasteiger partial charge in [-0.1, -0.05) is 0 Å². The molecule has 1 aromatic heterocycles. The van der Waals surface area contributed by atoms with Gasteiger partial charge >= 0.3 is 25.0 Å². The van der Waals surface area contributed by atoms with Crippen molar-refractivity contribution in [1.82, 2.24) is 9.66 Å². The van der Waals surface area contributed by atoms with Crippen molar-refractivity contribution in [2.45, 2.75) is 26.4 Å². The second-order valence-electron chi connectivity index (χ2n) is 4.02. The van der Waals surface area contributed by atoms with Crippen LogP contribution in [0.1, 0.15) is 31.4 Å². The Bertz CT molecular complexity index is 411. The number of carbonyl (C=O) groups is 2. The van der Waals surface area contributed by atoms with E-state index >= 15 is 0 Å². The van der Waals surface area contributed by atoms with Crippen LogP contribution in [0.4, 0.5) is 4.79 Å². The molecule has 0 spiro atoms. The average Bonchev–Trinajstić information content (AvgIpc) is 2.47. The van der Waals surface area contributed by atoms with Crippen molar-refractivity contribution in [3.63, 3.8) is 0 Å². The molecule has 0 unspecified atom stereocenters. The number of hydrogen-bond acceptors (Lipinski definition) is 5. The van der Waals surface area contributed by atoms with Crippen LogP contribution in [0.15, 0.2) is 12.4 Å². The number of rotatable bonds is 2. The van der Waals surface area contributed by atoms with E-state index in [1.54, 1.807) is 20.8 Å². The maximum absolute atomic E-state index is 11.3. The molecule has 0 aliphatic rings. The van der Waals surface area contributed by atoms with E-state index in [9.17, 15) is 14.7 Å². The second-order valence-corrected chi connectivity index (χ2v) is 4.02. The van der Waals surface area contributed by atoms with E-state index in [-0.39, 0.29) is 18.9 Å². The summed E-state index contributed by atoms with van der Waals surface area (Å²) in [4.78, 5) is 25.4. The minimum atomic E-state index is -1.49. The first-order chi connectivity index (χ1) is 7.29. The number of amides is 1. The smallest absolute Gasteiger partial charge is 0.542 e. The Hall–Kier alpha value is -1.45. The number of carboxylic acid groups (broad SMARTS) is 1. The standard InChI is InChI=1S/C9H13N3O4.Li/c1-9(2,3)16-8(15)11-12-5-4-10-6(12)7(13)14;/h4-5H,1-3H3,(H,11,15)(H,13,14);/q;+1/p-1. The van der Waals surface area contributed by atoms with Crippen molar-refractivity contribution in [3.05, 3.63) is 18.2 Å². The van der Waals surface area contributed by atoms with Gasteiger partial charge < -0.3 is 14.6 Å². The maximum Gasteiger partial charge on any atom is 1.00 e. The molecule has 7 nitrogen and oxygen atoms in total. The topological polar surface area (TPSA) is 96.3 Å². The monoisotopic (exact) mass is 233 g/mol. The van der Waals surface area contributed by atoms with Crippen LogP contribution < -0.4 is 29.4 Å². The summed E-state index contributed by atoms with van der Waals surface area (Å²) in [6.45, 7) is 5.08. The molecule has 0 fully saturated rings. The predicted octanol–water partition coefficient (Wildman–Crippen LogP) is -3.27. The predicted molar refractivity (Wildman–Crippen MR) is 52.2 cm³/mol. The average molecular weight is 233 g/mol. The number of nitrogens with zero attached hydrogens (tertiary/aromatic N) is 2. The zero-order valence-corrected chi connectivity index (χ0v) is 10.2. The van der Waals surface area contributed by atoms with Crippen LogP contribution in [0.5, 0.6) is 0 Å². The van der Waals surface area contributed by atoms with Crippen LogP contribution in [0.2, 0.25) is 0 Å². The number of carbonyl (C=O) groups excluding carboxylic acids is 2. The van der Waals surface area contributed by atoms with Gasteiger partial charge in [0.1, 0.15) is 11.6 Å². The van der Waals surface area contributed by atoms with Gasteiger partial charge in [0, 0.05) is 12.4 Å². The fourth-order valence-corrected chi connectivity index (χ4v) is 0.944. The molecular formula is C9H12LiN3O4. The Morgan fingerprint density at radius 1 is 1.47 bits per heavy atom. The summed E-state index contributed by atoms with van der Waals surface area (Å²) in [5, 5.41) is 10.6. The normalized spacial score (nSPS) is 10.3. The summed E-state index contributed by atoms with van der Waals surface area (Å²) in [5.41, 5.74) is 1.54. The minimum absolute atomic E-state index is 0. The number of hydrogen-bond donors (Lipinski definition) is 1. The molecule has 88 valence electrons. The van der Waals surface area contributed by atoms with Crippen LogP contribution in [-0.4, -0.2) is 27.3 Å². The SMILES string of the molecule is CC(C)(C)OC(=O)Nn1ccnc1C(=O)[O-].[Li+]. The molecule has 1 amide bonds. The molecule has 1 rings (SSSR count). The molecule has 0 saturated heterocycles. The summed E-state index contributed by atoms with van der Waals surface area (Å²) < 4.78 is 5.85. The van der Waals surface area contributed by atoms with Gasteiger partial charge in [0.25, 0.3) is 0 Å². The number of carboxylic acids is 1. The summed E-state index contributed by atoms with van der Waals surface area (Å²) in [5.74, 6) is -1.88. The summed E-state index contributed by atoms with van der Waals surface area (Å²) in [6.07, 6.45) is 1.73. The molecule has 0 radical (unpaired) electrons. The van der Waals surface area contributed by atoms with Gasteiger partial charge in [-0.15, -0.1) is 0 Å². The summed E-state index contributed by atoms with van der Waals surface area (Å²) in [7, 11) is 0. The van der Waals surface area contributed by atoms with Gasteiger partial charge in [-0.2, -0.15) is 0 Å². The first-order valence-corrected chi connectivity index (χ1v) is 4.54. The van der Waals surface area contributed by atoms with Gasteiger partial charge in [0.2, 0.25) is 0 Å². The van der Waals surface area contributed by atoms with E-state index in [0.717, 1.165) is 4.68 Å². The molecule has 17 heavy (non-hydrogen) atoms. The van der Waals surface area contributed by atoms with Gasteiger partial charge in [0.05, 0.1) is 0 Å². The molecule has 1 aromatic rings. The number of nitrogens with one attached hydrogen (secondary N) is 1. The molecule has 0 atom stereocenters. The molecule has 1 heterocycles. The van der Waals surface area contributed by atoms with Crippen molar-refractivity contribution in [3.8, 4) is 0 Å². The van der Waals surface area contributed by atoms with Crippen LogP contribution >= 0.6 is 0 Å². The van der Waals surface area contributed by atoms with Crippen molar-refractivity contribution in [1.29, 1.82) is 0 Å². The fourth-order valence-electron chi connectivity index (χ4n) is 0.944. The molecule has 0 aromatic carbocycles. The van der Waals surface area contributed by atoms with E-state index in [0.29, 0.717) is 0 Å². The number of ether oxygens (including phenoxy) is 1. The van der Waals surface area contributed by atoms with E-state index in [1.807, 2.05) is 0 Å². The van der Waals surface area contributed by atoms with Crippen LogP contribution in [0.3, 0.4) is 0 Å². The molecule has 1 N–H and O–H groups in total. The maximum atomic E-state index is 11.3. The van der Waals surface area contributed by atoms with Crippen LogP contribution in [0.25, 0.3) is 0 Å². The molecule has 0 saturated carbocycles.